The minimum Gasteiger partial charge on any atom is -0.311 e. The topological polar surface area (TPSA) is 62.3 Å². The summed E-state index contributed by atoms with van der Waals surface area (Å²) in [5.41, 5.74) is 0. The van der Waals surface area contributed by atoms with Gasteiger partial charge in [-0.15, -0.1) is 11.3 Å². The predicted molar refractivity (Wildman–Crippen MR) is 66.0 cm³/mol. The minimum atomic E-state index is -3.09. The molecule has 1 heterocycles. The summed E-state index contributed by atoms with van der Waals surface area (Å²) in [5, 5.41) is 4.12. The molecule has 1 N–H and O–H groups in total. The average Bonchev–Trinajstić information content (AvgIpc) is 2.59. The predicted octanol–water partition coefficient (Wildman–Crippen LogP) is 0.433. The number of nitrogens with one attached hydrogen (secondary N) is 1. The van der Waals surface area contributed by atoms with E-state index in [-0.39, 0.29) is 5.75 Å². The Balaban J connectivity index is 2.27. The number of thiazole rings is 1. The fourth-order valence-electron chi connectivity index (χ4n) is 1.08. The van der Waals surface area contributed by atoms with E-state index in [1.54, 1.807) is 25.4 Å². The molecule has 0 unspecified atom stereocenters. The lowest BCUT2D eigenvalue weighted by molar-refractivity contribution is 0.517. The van der Waals surface area contributed by atoms with E-state index in [1.165, 1.54) is 4.31 Å². The molecule has 0 bridgehead atoms. The van der Waals surface area contributed by atoms with Gasteiger partial charge in [0.05, 0.1) is 10.8 Å². The molecule has 5 nitrogen and oxygen atoms in total. The molecule has 0 aliphatic rings. The lowest BCUT2D eigenvalue weighted by Crippen LogP contribution is -2.30. The molecule has 0 amide bonds. The molecular weight excluding hydrogens is 246 g/mol. The van der Waals surface area contributed by atoms with Gasteiger partial charge in [0.25, 0.3) is 0 Å². The van der Waals surface area contributed by atoms with E-state index in [4.69, 9.17) is 0 Å². The summed E-state index contributed by atoms with van der Waals surface area (Å²) in [7, 11) is -0.00174. The standard InChI is InChI=1S/C9H17N3O2S2/c1-8-11-7-9(15-8)6-10-4-5-16(13,14)12(2)3/h7,10H,4-6H2,1-3H3. The molecule has 1 rings (SSSR count). The first kappa shape index (κ1) is 13.6. The van der Waals surface area contributed by atoms with Crippen molar-refractivity contribution in [2.75, 3.05) is 26.4 Å². The van der Waals surface area contributed by atoms with E-state index in [0.29, 0.717) is 13.1 Å². The van der Waals surface area contributed by atoms with Crippen LogP contribution in [0.5, 0.6) is 0 Å². The van der Waals surface area contributed by atoms with Gasteiger partial charge in [-0.25, -0.2) is 17.7 Å². The van der Waals surface area contributed by atoms with Gasteiger partial charge in [0.15, 0.2) is 0 Å². The molecule has 92 valence electrons. The molecule has 16 heavy (non-hydrogen) atoms. The Bertz CT molecular complexity index is 426. The summed E-state index contributed by atoms with van der Waals surface area (Å²) in [4.78, 5) is 5.25. The first-order valence-corrected chi connectivity index (χ1v) is 7.36. The van der Waals surface area contributed by atoms with Gasteiger partial charge >= 0.3 is 0 Å². The van der Waals surface area contributed by atoms with Crippen LogP contribution < -0.4 is 5.32 Å². The van der Waals surface area contributed by atoms with E-state index in [0.717, 1.165) is 9.88 Å². The molecule has 0 fully saturated rings. The Kier molecular flexibility index (Phi) is 4.85. The van der Waals surface area contributed by atoms with Crippen LogP contribution >= 0.6 is 11.3 Å². The van der Waals surface area contributed by atoms with Gasteiger partial charge in [0, 0.05) is 38.3 Å². The second-order valence-electron chi connectivity index (χ2n) is 3.62. The van der Waals surface area contributed by atoms with Crippen LogP contribution in [0.15, 0.2) is 6.20 Å². The smallest absolute Gasteiger partial charge is 0.214 e. The van der Waals surface area contributed by atoms with Crippen LogP contribution in [0.4, 0.5) is 0 Å². The molecule has 0 saturated heterocycles. The first-order valence-electron chi connectivity index (χ1n) is 4.94. The lowest BCUT2D eigenvalue weighted by atomic mass is 10.5. The average molecular weight is 263 g/mol. The number of aromatic nitrogens is 1. The summed E-state index contributed by atoms with van der Waals surface area (Å²) in [6, 6.07) is 0. The zero-order valence-electron chi connectivity index (χ0n) is 9.73. The largest absolute Gasteiger partial charge is 0.311 e. The highest BCUT2D eigenvalue weighted by molar-refractivity contribution is 7.89. The molecule has 1 aromatic heterocycles. The van der Waals surface area contributed by atoms with Crippen molar-refractivity contribution in [2.24, 2.45) is 0 Å². The number of aryl methyl sites for hydroxylation is 1. The van der Waals surface area contributed by atoms with Gasteiger partial charge in [-0.2, -0.15) is 0 Å². The van der Waals surface area contributed by atoms with Crippen molar-refractivity contribution in [1.29, 1.82) is 0 Å². The van der Waals surface area contributed by atoms with Crippen molar-refractivity contribution in [3.8, 4) is 0 Å². The van der Waals surface area contributed by atoms with Crippen LogP contribution in [0.1, 0.15) is 9.88 Å². The molecule has 7 heteroatoms. The highest BCUT2D eigenvalue weighted by Gasteiger charge is 2.12. The van der Waals surface area contributed by atoms with E-state index in [1.807, 2.05) is 13.1 Å². The number of sulfonamides is 1. The molecule has 0 aromatic carbocycles. The van der Waals surface area contributed by atoms with Gasteiger partial charge in [0.1, 0.15) is 0 Å². The third-order valence-corrected chi connectivity index (χ3v) is 4.81. The van der Waals surface area contributed by atoms with Crippen molar-refractivity contribution < 1.29 is 8.42 Å². The van der Waals surface area contributed by atoms with Crippen molar-refractivity contribution in [3.63, 3.8) is 0 Å². The van der Waals surface area contributed by atoms with E-state index in [9.17, 15) is 8.42 Å². The third kappa shape index (κ3) is 4.17. The molecule has 0 saturated carbocycles. The van der Waals surface area contributed by atoms with Gasteiger partial charge in [-0.3, -0.25) is 0 Å². The van der Waals surface area contributed by atoms with E-state index >= 15 is 0 Å². The quantitative estimate of drug-likeness (QED) is 0.756. The second kappa shape index (κ2) is 5.72. The third-order valence-electron chi connectivity index (χ3n) is 2.06. The molecular formula is C9H17N3O2S2. The summed E-state index contributed by atoms with van der Waals surface area (Å²) < 4.78 is 24.1. The maximum absolute atomic E-state index is 11.4. The van der Waals surface area contributed by atoms with Crippen molar-refractivity contribution in [2.45, 2.75) is 13.5 Å². The van der Waals surface area contributed by atoms with Gasteiger partial charge in [-0.1, -0.05) is 0 Å². The van der Waals surface area contributed by atoms with Gasteiger partial charge < -0.3 is 5.32 Å². The molecule has 0 spiro atoms. The number of hydrogen-bond acceptors (Lipinski definition) is 5. The van der Waals surface area contributed by atoms with Crippen LogP contribution in [-0.2, 0) is 16.6 Å². The van der Waals surface area contributed by atoms with Gasteiger partial charge in [0.2, 0.25) is 10.0 Å². The number of rotatable bonds is 6. The molecule has 1 aromatic rings. The van der Waals surface area contributed by atoms with Gasteiger partial charge in [-0.05, 0) is 6.92 Å². The summed E-state index contributed by atoms with van der Waals surface area (Å²) in [6.45, 7) is 3.08. The minimum absolute atomic E-state index is 0.123. The Morgan fingerprint density at radius 1 is 1.50 bits per heavy atom. The lowest BCUT2D eigenvalue weighted by Gasteiger charge is -2.11. The Morgan fingerprint density at radius 2 is 2.19 bits per heavy atom. The highest BCUT2D eigenvalue weighted by atomic mass is 32.2. The van der Waals surface area contributed by atoms with Crippen LogP contribution in [0, 0.1) is 6.92 Å². The van der Waals surface area contributed by atoms with Crippen LogP contribution in [0.3, 0.4) is 0 Å². The van der Waals surface area contributed by atoms with Crippen LogP contribution in [0.2, 0.25) is 0 Å². The molecule has 0 aliphatic carbocycles. The Morgan fingerprint density at radius 3 is 2.69 bits per heavy atom. The monoisotopic (exact) mass is 263 g/mol. The second-order valence-corrected chi connectivity index (χ2v) is 7.24. The maximum Gasteiger partial charge on any atom is 0.214 e. The highest BCUT2D eigenvalue weighted by Crippen LogP contribution is 2.10. The van der Waals surface area contributed by atoms with Crippen LogP contribution in [0.25, 0.3) is 0 Å². The maximum atomic E-state index is 11.4. The van der Waals surface area contributed by atoms with E-state index < -0.39 is 10.0 Å². The number of nitrogens with zero attached hydrogens (tertiary/aromatic N) is 2. The van der Waals surface area contributed by atoms with Crippen molar-refractivity contribution in [1.82, 2.24) is 14.6 Å². The number of hydrogen-bond donors (Lipinski definition) is 1. The summed E-state index contributed by atoms with van der Waals surface area (Å²) in [5.74, 6) is 0.123. The molecule has 0 aliphatic heterocycles. The fraction of sp³-hybridized carbons (Fsp3) is 0.667. The fourth-order valence-corrected chi connectivity index (χ4v) is 2.61. The Hall–Kier alpha value is -0.500. The van der Waals surface area contributed by atoms with Crippen molar-refractivity contribution >= 4 is 21.4 Å². The zero-order chi connectivity index (χ0) is 12.2. The SMILES string of the molecule is Cc1ncc(CNCCS(=O)(=O)N(C)C)s1. The van der Waals surface area contributed by atoms with E-state index in [2.05, 4.69) is 10.3 Å². The summed E-state index contributed by atoms with van der Waals surface area (Å²) in [6.07, 6.45) is 1.81. The Labute approximate surface area is 101 Å². The summed E-state index contributed by atoms with van der Waals surface area (Å²) >= 11 is 1.62. The van der Waals surface area contributed by atoms with Crippen LogP contribution in [-0.4, -0.2) is 44.1 Å². The normalized spacial score (nSPS) is 12.2. The first-order chi connectivity index (χ1) is 7.42. The zero-order valence-corrected chi connectivity index (χ0v) is 11.4. The molecule has 0 atom stereocenters. The van der Waals surface area contributed by atoms with Crippen molar-refractivity contribution in [3.05, 3.63) is 16.1 Å². The molecule has 0 radical (unpaired) electrons.